The normalized spacial score (nSPS) is 25.8. The summed E-state index contributed by atoms with van der Waals surface area (Å²) in [5, 5.41) is 4.47. The molecule has 1 amide bonds. The van der Waals surface area contributed by atoms with Crippen molar-refractivity contribution in [2.45, 2.75) is 102 Å². The number of carbonyl (C=O) groups excluding carboxylic acids is 2. The van der Waals surface area contributed by atoms with Crippen LogP contribution in [-0.2, 0) is 9.53 Å². The third kappa shape index (κ3) is 5.17. The highest BCUT2D eigenvalue weighted by molar-refractivity contribution is 9.10. The molecule has 3 aromatic rings. The summed E-state index contributed by atoms with van der Waals surface area (Å²) < 4.78 is 6.90. The number of nitrogens with zero attached hydrogens (tertiary/aromatic N) is 2. The lowest BCUT2D eigenvalue weighted by atomic mass is 9.54. The number of benzene rings is 2. The number of aromatic nitrogens is 1. The molecule has 0 aliphatic heterocycles. The second-order valence-electron chi connectivity index (χ2n) is 13.9. The van der Waals surface area contributed by atoms with Crippen molar-refractivity contribution in [2.24, 2.45) is 5.41 Å². The number of hydrogen-bond donors (Lipinski definition) is 1. The molecule has 7 rings (SSSR count). The van der Waals surface area contributed by atoms with Gasteiger partial charge in [-0.15, -0.1) is 0 Å². The summed E-state index contributed by atoms with van der Waals surface area (Å²) in [4.78, 5) is 35.7. The van der Waals surface area contributed by atoms with Crippen molar-refractivity contribution >= 4 is 38.7 Å². The second-order valence-corrected chi connectivity index (χ2v) is 14.8. The molecule has 7 heteroatoms. The maximum absolute atomic E-state index is 14.6. The lowest BCUT2D eigenvalue weighted by Gasteiger charge is -2.60. The van der Waals surface area contributed by atoms with Crippen LogP contribution >= 0.6 is 15.9 Å². The van der Waals surface area contributed by atoms with Crippen molar-refractivity contribution in [2.75, 3.05) is 7.05 Å². The van der Waals surface area contributed by atoms with E-state index < -0.39 is 16.6 Å². The van der Waals surface area contributed by atoms with E-state index in [-0.39, 0.29) is 17.9 Å². The number of pyridine rings is 1. The zero-order valence-electron chi connectivity index (χ0n) is 25.4. The molecule has 2 bridgehead atoms. The van der Waals surface area contributed by atoms with Gasteiger partial charge in [-0.05, 0) is 103 Å². The molecule has 2 aromatic carbocycles. The van der Waals surface area contributed by atoms with E-state index >= 15 is 0 Å². The number of carbonyl (C=O) groups is 2. The smallest absolute Gasteiger partial charge is 0.312 e. The predicted octanol–water partition coefficient (Wildman–Crippen LogP) is 7.60. The number of rotatable bonds is 6. The summed E-state index contributed by atoms with van der Waals surface area (Å²) >= 11 is 3.62. The zero-order chi connectivity index (χ0) is 29.9. The van der Waals surface area contributed by atoms with E-state index in [9.17, 15) is 9.59 Å². The first-order chi connectivity index (χ1) is 19.9. The van der Waals surface area contributed by atoms with E-state index in [1.807, 2.05) is 76.2 Å². The van der Waals surface area contributed by atoms with Crippen molar-refractivity contribution < 1.29 is 14.3 Å². The Balaban J connectivity index is 1.39. The summed E-state index contributed by atoms with van der Waals surface area (Å²) in [6.07, 6.45) is 7.26. The maximum atomic E-state index is 14.6. The molecule has 1 N–H and O–H groups in total. The minimum absolute atomic E-state index is 0.0612. The highest BCUT2D eigenvalue weighted by atomic mass is 79.9. The van der Waals surface area contributed by atoms with Crippen LogP contribution in [0.3, 0.4) is 0 Å². The third-order valence-electron chi connectivity index (χ3n) is 10.1. The van der Waals surface area contributed by atoms with E-state index in [0.717, 1.165) is 57.9 Å². The molecule has 1 atom stereocenters. The van der Waals surface area contributed by atoms with Crippen molar-refractivity contribution in [3.8, 4) is 11.3 Å². The van der Waals surface area contributed by atoms with Gasteiger partial charge >= 0.3 is 5.97 Å². The molecule has 0 spiro atoms. The van der Waals surface area contributed by atoms with E-state index in [4.69, 9.17) is 9.72 Å². The van der Waals surface area contributed by atoms with Gasteiger partial charge in [0.25, 0.3) is 5.91 Å². The van der Waals surface area contributed by atoms with Crippen LogP contribution in [0, 0.1) is 12.3 Å². The Morgan fingerprint density at radius 3 is 2.36 bits per heavy atom. The average molecular weight is 633 g/mol. The predicted molar refractivity (Wildman–Crippen MR) is 170 cm³/mol. The number of likely N-dealkylation sites (N-methyl/N-ethyl adjacent to an activating group) is 1. The van der Waals surface area contributed by atoms with Crippen molar-refractivity contribution in [1.29, 1.82) is 0 Å². The Hall–Kier alpha value is -2.77. The minimum atomic E-state index is -0.522. The molecule has 42 heavy (non-hydrogen) atoms. The fraction of sp³-hybridized carbons (Fsp3) is 0.514. The highest BCUT2D eigenvalue weighted by Crippen LogP contribution is 2.55. The van der Waals surface area contributed by atoms with Crippen LogP contribution in [0.1, 0.15) is 88.1 Å². The summed E-state index contributed by atoms with van der Waals surface area (Å²) in [7, 11) is 2.20. The number of halogens is 1. The van der Waals surface area contributed by atoms with Gasteiger partial charge in [0, 0.05) is 27.5 Å². The van der Waals surface area contributed by atoms with Gasteiger partial charge in [0.1, 0.15) is 5.60 Å². The van der Waals surface area contributed by atoms with E-state index in [1.165, 1.54) is 19.3 Å². The summed E-state index contributed by atoms with van der Waals surface area (Å²) in [6, 6.07) is 16.6. The largest absolute Gasteiger partial charge is 0.460 e. The van der Waals surface area contributed by atoms with Crippen molar-refractivity contribution in [3.63, 3.8) is 0 Å². The number of hydrogen-bond acceptors (Lipinski definition) is 5. The zero-order valence-corrected chi connectivity index (χ0v) is 27.0. The molecule has 0 radical (unpaired) electrons. The molecule has 222 valence electrons. The Bertz CT molecular complexity index is 1520. The van der Waals surface area contributed by atoms with Crippen LogP contribution in [0.25, 0.3) is 22.2 Å². The average Bonchev–Trinajstić information content (AvgIpc) is 2.91. The van der Waals surface area contributed by atoms with Crippen LogP contribution in [0.2, 0.25) is 0 Å². The highest BCUT2D eigenvalue weighted by Gasteiger charge is 2.60. The maximum Gasteiger partial charge on any atom is 0.312 e. The van der Waals surface area contributed by atoms with E-state index in [2.05, 4.69) is 33.2 Å². The van der Waals surface area contributed by atoms with Gasteiger partial charge in [-0.3, -0.25) is 14.5 Å². The van der Waals surface area contributed by atoms with Crippen molar-refractivity contribution in [3.05, 3.63) is 64.1 Å². The third-order valence-corrected chi connectivity index (χ3v) is 10.6. The van der Waals surface area contributed by atoms with E-state index in [0.29, 0.717) is 18.0 Å². The standard InChI is InChI=1S/C35H42BrN3O3/c1-22-29(26-20-24(36)14-15-27(26)37-30(22)23-10-7-6-8-11-23)31(40)38-35-18-16-34(17-19-35,32(41)42-33(2,3)4)21-28(35)39(5)25-12-9-13-25/h6-8,10-11,14-15,20,25,28H,9,12-13,16-19,21H2,1-5H3,(H,38,40). The number of esters is 1. The van der Waals surface area contributed by atoms with Gasteiger partial charge < -0.3 is 10.1 Å². The molecule has 1 unspecified atom stereocenters. The SMILES string of the molecule is Cc1c(-c2ccccc2)nc2ccc(Br)cc2c1C(=O)NC12CCC(C(=O)OC(C)(C)C)(CC1)CC2N(C)C1CCC1. The van der Waals surface area contributed by atoms with Crippen LogP contribution < -0.4 is 5.32 Å². The Kier molecular flexibility index (Phi) is 7.50. The van der Waals surface area contributed by atoms with Crippen LogP contribution in [-0.4, -0.2) is 52.0 Å². The van der Waals surface area contributed by atoms with Gasteiger partial charge in [0.05, 0.1) is 27.7 Å². The van der Waals surface area contributed by atoms with Gasteiger partial charge in [-0.2, -0.15) is 0 Å². The molecular formula is C35H42BrN3O3. The number of fused-ring (bicyclic) bond motifs is 4. The molecule has 4 fully saturated rings. The minimum Gasteiger partial charge on any atom is -0.460 e. The molecule has 1 aromatic heterocycles. The Morgan fingerprint density at radius 1 is 1.05 bits per heavy atom. The monoisotopic (exact) mass is 631 g/mol. The first-order valence-electron chi connectivity index (χ1n) is 15.3. The first kappa shape index (κ1) is 29.3. The topological polar surface area (TPSA) is 71.5 Å². The van der Waals surface area contributed by atoms with E-state index in [1.54, 1.807) is 0 Å². The Labute approximate surface area is 257 Å². The summed E-state index contributed by atoms with van der Waals surface area (Å²) in [6.45, 7) is 7.84. The second kappa shape index (κ2) is 10.7. The Morgan fingerprint density at radius 2 is 1.74 bits per heavy atom. The quantitative estimate of drug-likeness (QED) is 0.284. The van der Waals surface area contributed by atoms with Gasteiger partial charge in [0.15, 0.2) is 0 Å². The number of nitrogens with one attached hydrogen (secondary N) is 1. The van der Waals surface area contributed by atoms with Crippen LogP contribution in [0.15, 0.2) is 53.0 Å². The van der Waals surface area contributed by atoms with Gasteiger partial charge in [-0.1, -0.05) is 52.7 Å². The lowest BCUT2D eigenvalue weighted by molar-refractivity contribution is -0.180. The number of amides is 1. The molecule has 0 saturated heterocycles. The molecule has 4 aliphatic rings. The summed E-state index contributed by atoms with van der Waals surface area (Å²) in [5.41, 5.74) is 2.74. The molecular weight excluding hydrogens is 590 g/mol. The summed E-state index contributed by atoms with van der Waals surface area (Å²) in [5.74, 6) is -0.135. The first-order valence-corrected chi connectivity index (χ1v) is 16.1. The van der Waals surface area contributed by atoms with Crippen LogP contribution in [0.4, 0.5) is 0 Å². The van der Waals surface area contributed by atoms with Gasteiger partial charge in [-0.25, -0.2) is 4.98 Å². The molecule has 4 saturated carbocycles. The van der Waals surface area contributed by atoms with Crippen molar-refractivity contribution in [1.82, 2.24) is 15.2 Å². The molecule has 1 heterocycles. The lowest BCUT2D eigenvalue weighted by Crippen LogP contribution is -2.71. The fourth-order valence-corrected chi connectivity index (χ4v) is 7.89. The fourth-order valence-electron chi connectivity index (χ4n) is 7.53. The van der Waals surface area contributed by atoms with Gasteiger partial charge in [0.2, 0.25) is 0 Å². The van der Waals surface area contributed by atoms with Crippen LogP contribution in [0.5, 0.6) is 0 Å². The molecule has 6 nitrogen and oxygen atoms in total. The number of ether oxygens (including phenoxy) is 1. The molecule has 4 aliphatic carbocycles.